The maximum Gasteiger partial charge on any atom is 0.246 e. The summed E-state index contributed by atoms with van der Waals surface area (Å²) in [5.74, 6) is 0.372. The predicted molar refractivity (Wildman–Crippen MR) is 72.3 cm³/mol. The number of amides is 1. The van der Waals surface area contributed by atoms with Gasteiger partial charge in [-0.2, -0.15) is 0 Å². The fraction of sp³-hybridized carbons (Fsp3) is 0.538. The topological polar surface area (TPSA) is 33.2 Å². The van der Waals surface area contributed by atoms with Crippen LogP contribution in [0.15, 0.2) is 12.7 Å². The van der Waals surface area contributed by atoms with Crippen LogP contribution in [0.2, 0.25) is 0 Å². The highest BCUT2D eigenvalue weighted by atomic mass is 32.1. The zero-order valence-corrected chi connectivity index (χ0v) is 12.0. The van der Waals surface area contributed by atoms with E-state index in [0.717, 1.165) is 15.6 Å². The second-order valence-electron chi connectivity index (χ2n) is 4.49. The monoisotopic (exact) mass is 252 g/mol. The Labute approximate surface area is 107 Å². The number of hydrogen-bond acceptors (Lipinski definition) is 3. The molecule has 1 amide bonds. The number of thiazole rings is 1. The van der Waals surface area contributed by atoms with Crippen LogP contribution in [0, 0.1) is 6.92 Å². The molecular weight excluding hydrogens is 232 g/mol. The van der Waals surface area contributed by atoms with Crippen molar-refractivity contribution in [3.05, 3.63) is 28.2 Å². The number of aryl methyl sites for hydroxylation is 1. The van der Waals surface area contributed by atoms with Gasteiger partial charge in [-0.05, 0) is 19.9 Å². The predicted octanol–water partition coefficient (Wildman–Crippen LogP) is 3.28. The summed E-state index contributed by atoms with van der Waals surface area (Å²) in [5.41, 5.74) is 1.02. The molecule has 0 aliphatic rings. The van der Waals surface area contributed by atoms with Gasteiger partial charge in [-0.3, -0.25) is 4.79 Å². The second kappa shape index (κ2) is 5.45. The SMILES string of the molecule is C=CC(=O)N(C)C(C)c1sc(C(C)C)nc1C. The Kier molecular flexibility index (Phi) is 4.46. The number of carbonyl (C=O) groups is 1. The van der Waals surface area contributed by atoms with Gasteiger partial charge in [0.15, 0.2) is 0 Å². The minimum absolute atomic E-state index is 0.0468. The summed E-state index contributed by atoms with van der Waals surface area (Å²) < 4.78 is 0. The lowest BCUT2D eigenvalue weighted by atomic mass is 10.2. The Hall–Kier alpha value is -1.16. The third-order valence-electron chi connectivity index (χ3n) is 2.83. The average molecular weight is 252 g/mol. The van der Waals surface area contributed by atoms with Crippen molar-refractivity contribution in [3.63, 3.8) is 0 Å². The highest BCUT2D eigenvalue weighted by Gasteiger charge is 2.21. The molecule has 3 nitrogen and oxygen atoms in total. The molecule has 0 N–H and O–H groups in total. The molecule has 0 saturated heterocycles. The van der Waals surface area contributed by atoms with Gasteiger partial charge in [0.25, 0.3) is 0 Å². The van der Waals surface area contributed by atoms with Crippen molar-refractivity contribution in [2.24, 2.45) is 0 Å². The Morgan fingerprint density at radius 3 is 2.47 bits per heavy atom. The van der Waals surface area contributed by atoms with Crippen LogP contribution in [0.1, 0.15) is 48.3 Å². The van der Waals surface area contributed by atoms with Gasteiger partial charge in [0.1, 0.15) is 0 Å². The van der Waals surface area contributed by atoms with Crippen LogP contribution in [-0.2, 0) is 4.79 Å². The van der Waals surface area contributed by atoms with Crippen LogP contribution in [0.3, 0.4) is 0 Å². The molecule has 0 aliphatic carbocycles. The van der Waals surface area contributed by atoms with Gasteiger partial charge in [-0.1, -0.05) is 20.4 Å². The van der Waals surface area contributed by atoms with Crippen molar-refractivity contribution < 1.29 is 4.79 Å². The molecule has 1 aromatic heterocycles. The minimum Gasteiger partial charge on any atom is -0.335 e. The van der Waals surface area contributed by atoms with Crippen LogP contribution >= 0.6 is 11.3 Å². The van der Waals surface area contributed by atoms with Crippen LogP contribution in [0.5, 0.6) is 0 Å². The number of rotatable bonds is 4. The van der Waals surface area contributed by atoms with E-state index in [0.29, 0.717) is 5.92 Å². The Bertz CT molecular complexity index is 423. The van der Waals surface area contributed by atoms with Crippen LogP contribution in [-0.4, -0.2) is 22.8 Å². The number of nitrogens with zero attached hydrogens (tertiary/aromatic N) is 2. The van der Waals surface area contributed by atoms with Crippen molar-refractivity contribution in [1.82, 2.24) is 9.88 Å². The lowest BCUT2D eigenvalue weighted by Gasteiger charge is -2.22. The Morgan fingerprint density at radius 1 is 1.47 bits per heavy atom. The average Bonchev–Trinajstić information content (AvgIpc) is 2.68. The summed E-state index contributed by atoms with van der Waals surface area (Å²) >= 11 is 1.69. The summed E-state index contributed by atoms with van der Waals surface area (Å²) in [6.45, 7) is 11.8. The van der Waals surface area contributed by atoms with Crippen LogP contribution in [0.4, 0.5) is 0 Å². The standard InChI is InChI=1S/C13H20N2OS/c1-7-11(16)15(6)10(5)12-9(4)14-13(17-12)8(2)3/h7-8,10H,1H2,2-6H3. The summed E-state index contributed by atoms with van der Waals surface area (Å²) in [7, 11) is 1.79. The second-order valence-corrected chi connectivity index (χ2v) is 5.55. The van der Waals surface area contributed by atoms with Gasteiger partial charge in [-0.25, -0.2) is 4.98 Å². The molecule has 94 valence electrons. The van der Waals surface area contributed by atoms with E-state index >= 15 is 0 Å². The first-order chi connectivity index (χ1) is 7.88. The van der Waals surface area contributed by atoms with E-state index in [1.807, 2.05) is 13.8 Å². The van der Waals surface area contributed by atoms with Gasteiger partial charge in [0, 0.05) is 17.8 Å². The molecule has 0 aromatic carbocycles. The number of hydrogen-bond donors (Lipinski definition) is 0. The molecule has 17 heavy (non-hydrogen) atoms. The molecule has 0 saturated carbocycles. The molecule has 1 atom stereocenters. The van der Waals surface area contributed by atoms with Crippen LogP contribution in [0.25, 0.3) is 0 Å². The van der Waals surface area contributed by atoms with Crippen molar-refractivity contribution in [1.29, 1.82) is 0 Å². The smallest absolute Gasteiger partial charge is 0.246 e. The molecule has 0 bridgehead atoms. The van der Waals surface area contributed by atoms with E-state index < -0.39 is 0 Å². The van der Waals surface area contributed by atoms with E-state index in [2.05, 4.69) is 25.4 Å². The van der Waals surface area contributed by atoms with Crippen LogP contribution < -0.4 is 0 Å². The molecule has 0 aliphatic heterocycles. The van der Waals surface area contributed by atoms with Gasteiger partial charge in [0.05, 0.1) is 16.7 Å². The fourth-order valence-corrected chi connectivity index (χ4v) is 2.74. The van der Waals surface area contributed by atoms with Gasteiger partial charge >= 0.3 is 0 Å². The fourth-order valence-electron chi connectivity index (χ4n) is 1.57. The Morgan fingerprint density at radius 2 is 2.06 bits per heavy atom. The third kappa shape index (κ3) is 2.94. The highest BCUT2D eigenvalue weighted by molar-refractivity contribution is 7.11. The molecule has 1 heterocycles. The molecule has 0 radical (unpaired) electrons. The lowest BCUT2D eigenvalue weighted by Crippen LogP contribution is -2.27. The van der Waals surface area contributed by atoms with E-state index in [-0.39, 0.29) is 11.9 Å². The maximum atomic E-state index is 11.6. The number of likely N-dealkylation sites (N-methyl/N-ethyl adjacent to an activating group) is 1. The van der Waals surface area contributed by atoms with Crippen molar-refractivity contribution in [3.8, 4) is 0 Å². The molecular formula is C13H20N2OS. The third-order valence-corrected chi connectivity index (χ3v) is 4.45. The highest BCUT2D eigenvalue weighted by Crippen LogP contribution is 2.31. The molecule has 4 heteroatoms. The van der Waals surface area contributed by atoms with E-state index in [1.54, 1.807) is 23.3 Å². The maximum absolute atomic E-state index is 11.6. The first-order valence-electron chi connectivity index (χ1n) is 5.74. The van der Waals surface area contributed by atoms with Crippen molar-refractivity contribution in [2.75, 3.05) is 7.05 Å². The normalized spacial score (nSPS) is 12.6. The van der Waals surface area contributed by atoms with E-state index in [9.17, 15) is 4.79 Å². The molecule has 0 fully saturated rings. The quantitative estimate of drug-likeness (QED) is 0.770. The van der Waals surface area contributed by atoms with Gasteiger partial charge in [0.2, 0.25) is 5.91 Å². The summed E-state index contributed by atoms with van der Waals surface area (Å²) in [4.78, 5) is 19.0. The largest absolute Gasteiger partial charge is 0.335 e. The molecule has 1 unspecified atom stereocenters. The Balaban J connectivity index is 2.99. The minimum atomic E-state index is -0.0589. The van der Waals surface area contributed by atoms with Crippen molar-refractivity contribution in [2.45, 2.75) is 39.7 Å². The molecule has 1 aromatic rings. The number of carbonyl (C=O) groups excluding carboxylic acids is 1. The summed E-state index contributed by atoms with van der Waals surface area (Å²) in [6.07, 6.45) is 1.34. The summed E-state index contributed by atoms with van der Waals surface area (Å²) in [6, 6.07) is 0.0468. The summed E-state index contributed by atoms with van der Waals surface area (Å²) in [5, 5.41) is 1.13. The molecule has 0 spiro atoms. The van der Waals surface area contributed by atoms with Gasteiger partial charge in [-0.15, -0.1) is 11.3 Å². The van der Waals surface area contributed by atoms with E-state index in [4.69, 9.17) is 0 Å². The first-order valence-corrected chi connectivity index (χ1v) is 6.56. The lowest BCUT2D eigenvalue weighted by molar-refractivity contribution is -0.126. The number of aromatic nitrogens is 1. The van der Waals surface area contributed by atoms with Gasteiger partial charge < -0.3 is 4.90 Å². The van der Waals surface area contributed by atoms with Crippen molar-refractivity contribution >= 4 is 17.2 Å². The molecule has 1 rings (SSSR count). The first kappa shape index (κ1) is 13.9. The zero-order chi connectivity index (χ0) is 13.2. The van der Waals surface area contributed by atoms with E-state index in [1.165, 1.54) is 6.08 Å². The zero-order valence-electron chi connectivity index (χ0n) is 11.2.